The maximum atomic E-state index is 6.06. The molecule has 0 saturated heterocycles. The summed E-state index contributed by atoms with van der Waals surface area (Å²) in [5, 5.41) is 4.18. The average molecular weight is 253 g/mol. The number of thiazole rings is 1. The molecule has 0 radical (unpaired) electrons. The van der Waals surface area contributed by atoms with E-state index in [1.54, 1.807) is 11.3 Å². The van der Waals surface area contributed by atoms with Gasteiger partial charge >= 0.3 is 0 Å². The summed E-state index contributed by atoms with van der Waals surface area (Å²) in [4.78, 5) is 5.48. The highest BCUT2D eigenvalue weighted by Gasteiger charge is 2.04. The van der Waals surface area contributed by atoms with Crippen molar-refractivity contribution >= 4 is 28.6 Å². The third kappa shape index (κ3) is 2.36. The SMILES string of the molecule is Cc1ncsc1CNc1cccc(Cl)c1C. The van der Waals surface area contributed by atoms with Crippen molar-refractivity contribution < 1.29 is 0 Å². The van der Waals surface area contributed by atoms with Gasteiger partial charge in [0.2, 0.25) is 0 Å². The zero-order valence-corrected chi connectivity index (χ0v) is 10.8. The third-order valence-electron chi connectivity index (χ3n) is 2.55. The van der Waals surface area contributed by atoms with Crippen LogP contribution in [0.15, 0.2) is 23.7 Å². The third-order valence-corrected chi connectivity index (χ3v) is 3.90. The van der Waals surface area contributed by atoms with E-state index in [0.29, 0.717) is 0 Å². The van der Waals surface area contributed by atoms with Gasteiger partial charge in [0, 0.05) is 15.6 Å². The molecule has 16 heavy (non-hydrogen) atoms. The summed E-state index contributed by atoms with van der Waals surface area (Å²) < 4.78 is 0. The van der Waals surface area contributed by atoms with Crippen LogP contribution in [-0.4, -0.2) is 4.98 Å². The number of nitrogens with zero attached hydrogens (tertiary/aromatic N) is 1. The molecule has 0 aliphatic carbocycles. The fourth-order valence-corrected chi connectivity index (χ4v) is 2.36. The van der Waals surface area contributed by atoms with E-state index in [9.17, 15) is 0 Å². The van der Waals surface area contributed by atoms with Crippen molar-refractivity contribution in [2.45, 2.75) is 20.4 Å². The van der Waals surface area contributed by atoms with Crippen molar-refractivity contribution in [3.05, 3.63) is 44.9 Å². The van der Waals surface area contributed by atoms with Crippen LogP contribution in [0, 0.1) is 13.8 Å². The van der Waals surface area contributed by atoms with Gasteiger partial charge in [-0.05, 0) is 31.5 Å². The van der Waals surface area contributed by atoms with Gasteiger partial charge in [0.25, 0.3) is 0 Å². The van der Waals surface area contributed by atoms with Gasteiger partial charge in [-0.25, -0.2) is 4.98 Å². The highest BCUT2D eigenvalue weighted by atomic mass is 35.5. The maximum Gasteiger partial charge on any atom is 0.0798 e. The fraction of sp³-hybridized carbons (Fsp3) is 0.250. The Morgan fingerprint density at radius 3 is 2.88 bits per heavy atom. The van der Waals surface area contributed by atoms with Crippen LogP contribution in [0.25, 0.3) is 0 Å². The van der Waals surface area contributed by atoms with Gasteiger partial charge in [0.05, 0.1) is 17.7 Å². The average Bonchev–Trinajstić information content (AvgIpc) is 2.67. The second-order valence-corrected chi connectivity index (χ2v) is 4.97. The molecule has 4 heteroatoms. The summed E-state index contributed by atoms with van der Waals surface area (Å²) in [5.41, 5.74) is 5.14. The van der Waals surface area contributed by atoms with E-state index in [4.69, 9.17) is 11.6 Å². The van der Waals surface area contributed by atoms with Crippen LogP contribution in [0.1, 0.15) is 16.1 Å². The highest BCUT2D eigenvalue weighted by molar-refractivity contribution is 7.09. The lowest BCUT2D eigenvalue weighted by atomic mass is 10.2. The van der Waals surface area contributed by atoms with Crippen LogP contribution in [0.3, 0.4) is 0 Å². The van der Waals surface area contributed by atoms with Crippen LogP contribution < -0.4 is 5.32 Å². The second kappa shape index (κ2) is 4.85. The number of aromatic nitrogens is 1. The van der Waals surface area contributed by atoms with E-state index < -0.39 is 0 Å². The zero-order valence-electron chi connectivity index (χ0n) is 9.25. The number of hydrogen-bond acceptors (Lipinski definition) is 3. The van der Waals surface area contributed by atoms with Gasteiger partial charge in [0.15, 0.2) is 0 Å². The Hall–Kier alpha value is -1.06. The van der Waals surface area contributed by atoms with E-state index >= 15 is 0 Å². The number of halogens is 1. The van der Waals surface area contributed by atoms with Crippen LogP contribution in [0.5, 0.6) is 0 Å². The first-order chi connectivity index (χ1) is 7.68. The largest absolute Gasteiger partial charge is 0.380 e. The number of anilines is 1. The summed E-state index contributed by atoms with van der Waals surface area (Å²) in [5.74, 6) is 0. The molecule has 0 amide bonds. The molecule has 0 atom stereocenters. The molecule has 1 N–H and O–H groups in total. The molecule has 84 valence electrons. The summed E-state index contributed by atoms with van der Waals surface area (Å²) in [6.07, 6.45) is 0. The highest BCUT2D eigenvalue weighted by Crippen LogP contribution is 2.24. The number of rotatable bonds is 3. The van der Waals surface area contributed by atoms with E-state index in [-0.39, 0.29) is 0 Å². The molecule has 2 aromatic rings. The first kappa shape index (κ1) is 11.4. The van der Waals surface area contributed by atoms with Gasteiger partial charge in [-0.15, -0.1) is 11.3 Å². The van der Waals surface area contributed by atoms with Crippen molar-refractivity contribution in [2.75, 3.05) is 5.32 Å². The molecule has 0 fully saturated rings. The predicted molar refractivity (Wildman–Crippen MR) is 70.4 cm³/mol. The summed E-state index contributed by atoms with van der Waals surface area (Å²) in [6, 6.07) is 5.90. The molecular formula is C12H13ClN2S. The Balaban J connectivity index is 2.11. The van der Waals surface area contributed by atoms with Crippen molar-refractivity contribution in [1.82, 2.24) is 4.98 Å². The molecule has 0 aliphatic heterocycles. The minimum Gasteiger partial charge on any atom is -0.380 e. The van der Waals surface area contributed by atoms with E-state index in [1.165, 1.54) is 4.88 Å². The Morgan fingerprint density at radius 1 is 1.38 bits per heavy atom. The Kier molecular flexibility index (Phi) is 3.46. The van der Waals surface area contributed by atoms with Crippen LogP contribution >= 0.6 is 22.9 Å². The van der Waals surface area contributed by atoms with E-state index in [1.807, 2.05) is 37.6 Å². The molecule has 0 saturated carbocycles. The van der Waals surface area contributed by atoms with Crippen LogP contribution in [-0.2, 0) is 6.54 Å². The van der Waals surface area contributed by atoms with Gasteiger partial charge in [0.1, 0.15) is 0 Å². The van der Waals surface area contributed by atoms with Crippen LogP contribution in [0.4, 0.5) is 5.69 Å². The summed E-state index contributed by atoms with van der Waals surface area (Å²) in [6.45, 7) is 4.85. The number of benzene rings is 1. The molecular weight excluding hydrogens is 240 g/mol. The molecule has 1 aromatic carbocycles. The number of aryl methyl sites for hydroxylation is 1. The Labute approximate surface area is 104 Å². The minimum atomic E-state index is 0.797. The minimum absolute atomic E-state index is 0.797. The summed E-state index contributed by atoms with van der Waals surface area (Å²) in [7, 11) is 0. The quantitative estimate of drug-likeness (QED) is 0.892. The normalized spacial score (nSPS) is 10.4. The van der Waals surface area contributed by atoms with Gasteiger partial charge < -0.3 is 5.32 Å². The van der Waals surface area contributed by atoms with Crippen molar-refractivity contribution in [1.29, 1.82) is 0 Å². The monoisotopic (exact) mass is 252 g/mol. The maximum absolute atomic E-state index is 6.06. The number of hydrogen-bond donors (Lipinski definition) is 1. The zero-order chi connectivity index (χ0) is 11.5. The molecule has 0 aliphatic rings. The number of nitrogens with one attached hydrogen (secondary N) is 1. The molecule has 0 unspecified atom stereocenters. The first-order valence-electron chi connectivity index (χ1n) is 5.06. The molecule has 0 bridgehead atoms. The topological polar surface area (TPSA) is 24.9 Å². The lowest BCUT2D eigenvalue weighted by Crippen LogP contribution is -2.00. The molecule has 0 spiro atoms. The van der Waals surface area contributed by atoms with Gasteiger partial charge in [-0.2, -0.15) is 0 Å². The lowest BCUT2D eigenvalue weighted by Gasteiger charge is -2.09. The molecule has 1 heterocycles. The Morgan fingerprint density at radius 2 is 2.19 bits per heavy atom. The molecule has 2 rings (SSSR count). The molecule has 2 nitrogen and oxygen atoms in total. The first-order valence-corrected chi connectivity index (χ1v) is 6.32. The smallest absolute Gasteiger partial charge is 0.0798 e. The standard InChI is InChI=1S/C12H13ClN2S/c1-8-10(13)4-3-5-11(8)14-6-12-9(2)15-7-16-12/h3-5,7,14H,6H2,1-2H3. The fourth-order valence-electron chi connectivity index (χ4n) is 1.47. The summed E-state index contributed by atoms with van der Waals surface area (Å²) >= 11 is 7.73. The Bertz CT molecular complexity index is 494. The van der Waals surface area contributed by atoms with Crippen molar-refractivity contribution in [3.63, 3.8) is 0 Å². The van der Waals surface area contributed by atoms with Crippen LogP contribution in [0.2, 0.25) is 5.02 Å². The lowest BCUT2D eigenvalue weighted by molar-refractivity contribution is 1.12. The van der Waals surface area contributed by atoms with Crippen molar-refractivity contribution in [2.24, 2.45) is 0 Å². The van der Waals surface area contributed by atoms with Gasteiger partial charge in [-0.1, -0.05) is 17.7 Å². The van der Waals surface area contributed by atoms with Gasteiger partial charge in [-0.3, -0.25) is 0 Å². The van der Waals surface area contributed by atoms with Crippen molar-refractivity contribution in [3.8, 4) is 0 Å². The van der Waals surface area contributed by atoms with E-state index in [0.717, 1.165) is 28.5 Å². The second-order valence-electron chi connectivity index (χ2n) is 3.63. The van der Waals surface area contributed by atoms with E-state index in [2.05, 4.69) is 10.3 Å². The predicted octanol–water partition coefficient (Wildman–Crippen LogP) is 4.03. The molecule has 1 aromatic heterocycles.